The second-order valence-corrected chi connectivity index (χ2v) is 6.29. The van der Waals surface area contributed by atoms with Gasteiger partial charge in [-0.1, -0.05) is 13.3 Å². The lowest BCUT2D eigenvalue weighted by molar-refractivity contribution is 0.577. The Balaban J connectivity index is 2.93. The largest absolute Gasteiger partial charge is 0.326 e. The van der Waals surface area contributed by atoms with Gasteiger partial charge in [0.15, 0.2) is 0 Å². The lowest BCUT2D eigenvalue weighted by Gasteiger charge is -2.07. The van der Waals surface area contributed by atoms with Gasteiger partial charge in [0.25, 0.3) is 0 Å². The molecule has 92 valence electrons. The Bertz CT molecular complexity index is 438. The molecule has 1 aromatic rings. The van der Waals surface area contributed by atoms with Gasteiger partial charge in [0, 0.05) is 18.0 Å². The molecule has 0 fully saturated rings. The first kappa shape index (κ1) is 13.6. The zero-order valence-electron chi connectivity index (χ0n) is 9.62. The van der Waals surface area contributed by atoms with Crippen molar-refractivity contribution in [2.24, 2.45) is 5.73 Å². The van der Waals surface area contributed by atoms with Gasteiger partial charge in [0.05, 0.1) is 0 Å². The highest BCUT2D eigenvalue weighted by Crippen LogP contribution is 2.26. The number of hydrogen-bond acceptors (Lipinski definition) is 4. The predicted octanol–water partition coefficient (Wildman–Crippen LogP) is 1.59. The van der Waals surface area contributed by atoms with Gasteiger partial charge >= 0.3 is 0 Å². The maximum Gasteiger partial charge on any atom is 0.241 e. The topological polar surface area (TPSA) is 72.2 Å². The lowest BCUT2D eigenvalue weighted by Crippen LogP contribution is -2.26. The Hall–Kier alpha value is -0.430. The Kier molecular flexibility index (Phi) is 4.91. The van der Waals surface area contributed by atoms with Crippen LogP contribution in [0, 0.1) is 6.92 Å². The van der Waals surface area contributed by atoms with Crippen LogP contribution in [0.3, 0.4) is 0 Å². The minimum absolute atomic E-state index is 0.266. The summed E-state index contributed by atoms with van der Waals surface area (Å²) >= 11 is 1.40. The normalized spacial score (nSPS) is 11.9. The van der Waals surface area contributed by atoms with Crippen LogP contribution in [0.2, 0.25) is 0 Å². The van der Waals surface area contributed by atoms with E-state index in [0.29, 0.717) is 11.4 Å². The summed E-state index contributed by atoms with van der Waals surface area (Å²) in [6, 6.07) is 0. The third kappa shape index (κ3) is 3.04. The second-order valence-electron chi connectivity index (χ2n) is 3.63. The molecular weight excluding hydrogens is 244 g/mol. The number of nitrogens with two attached hydrogens (primary N) is 1. The fourth-order valence-electron chi connectivity index (χ4n) is 1.44. The van der Waals surface area contributed by atoms with Gasteiger partial charge in [-0.2, -0.15) is 0 Å². The Morgan fingerprint density at radius 3 is 2.75 bits per heavy atom. The van der Waals surface area contributed by atoms with Crippen LogP contribution < -0.4 is 10.5 Å². The zero-order chi connectivity index (χ0) is 12.2. The molecule has 6 heteroatoms. The van der Waals surface area contributed by atoms with Gasteiger partial charge in [0.1, 0.15) is 4.90 Å². The van der Waals surface area contributed by atoms with E-state index in [2.05, 4.69) is 4.72 Å². The summed E-state index contributed by atoms with van der Waals surface area (Å²) in [6.45, 7) is 4.57. The molecule has 0 atom stereocenters. The number of unbranched alkanes of at least 4 members (excludes halogenated alkanes) is 1. The second kappa shape index (κ2) is 5.77. The fourth-order valence-corrected chi connectivity index (χ4v) is 4.22. The summed E-state index contributed by atoms with van der Waals surface area (Å²) in [5.41, 5.74) is 6.31. The maximum absolute atomic E-state index is 12.0. The van der Waals surface area contributed by atoms with E-state index in [1.54, 1.807) is 6.92 Å². The van der Waals surface area contributed by atoms with Crippen LogP contribution in [0.4, 0.5) is 0 Å². The van der Waals surface area contributed by atoms with E-state index in [0.717, 1.165) is 23.3 Å². The van der Waals surface area contributed by atoms with Crippen LogP contribution in [0.1, 0.15) is 30.2 Å². The van der Waals surface area contributed by atoms with E-state index >= 15 is 0 Å². The minimum Gasteiger partial charge on any atom is -0.326 e. The molecule has 1 heterocycles. The molecule has 0 amide bonds. The number of rotatable bonds is 6. The summed E-state index contributed by atoms with van der Waals surface area (Å²) in [6.07, 6.45) is 1.81. The molecule has 3 N–H and O–H groups in total. The fraction of sp³-hybridized carbons (Fsp3) is 0.600. The number of sulfonamides is 1. The molecule has 0 saturated carbocycles. The average molecular weight is 262 g/mol. The smallest absolute Gasteiger partial charge is 0.241 e. The highest BCUT2D eigenvalue weighted by Gasteiger charge is 2.21. The average Bonchev–Trinajstić information content (AvgIpc) is 2.60. The zero-order valence-corrected chi connectivity index (χ0v) is 11.2. The van der Waals surface area contributed by atoms with Gasteiger partial charge in [0.2, 0.25) is 10.0 Å². The molecule has 1 aromatic heterocycles. The summed E-state index contributed by atoms with van der Waals surface area (Å²) in [4.78, 5) is 1.10. The van der Waals surface area contributed by atoms with Crippen molar-refractivity contribution < 1.29 is 8.42 Å². The third-order valence-corrected chi connectivity index (χ3v) is 5.21. The quantitative estimate of drug-likeness (QED) is 0.765. The molecule has 0 saturated heterocycles. The van der Waals surface area contributed by atoms with Crippen LogP contribution >= 0.6 is 11.3 Å². The summed E-state index contributed by atoms with van der Waals surface area (Å²) in [5.74, 6) is 0. The Labute approximate surface area is 101 Å². The first-order valence-electron chi connectivity index (χ1n) is 5.29. The number of nitrogens with one attached hydrogen (secondary N) is 1. The van der Waals surface area contributed by atoms with Crippen molar-refractivity contribution in [2.45, 2.75) is 38.1 Å². The van der Waals surface area contributed by atoms with Gasteiger partial charge in [-0.05, 0) is 24.3 Å². The van der Waals surface area contributed by atoms with Crippen LogP contribution in [0.15, 0.2) is 10.3 Å². The Morgan fingerprint density at radius 1 is 1.50 bits per heavy atom. The van der Waals surface area contributed by atoms with E-state index < -0.39 is 10.0 Å². The van der Waals surface area contributed by atoms with Crippen molar-refractivity contribution in [3.05, 3.63) is 15.8 Å². The summed E-state index contributed by atoms with van der Waals surface area (Å²) in [7, 11) is -3.38. The molecular formula is C10H18N2O2S2. The minimum atomic E-state index is -3.38. The van der Waals surface area contributed by atoms with Crippen molar-refractivity contribution in [2.75, 3.05) is 6.54 Å². The monoisotopic (exact) mass is 262 g/mol. The van der Waals surface area contributed by atoms with Crippen molar-refractivity contribution in [1.29, 1.82) is 0 Å². The van der Waals surface area contributed by atoms with Crippen molar-refractivity contribution in [3.8, 4) is 0 Å². The standard InChI is InChI=1S/C10H18N2O2S2/c1-3-4-5-12-16(13,14)10-8(2)7-15-9(10)6-11/h7,12H,3-6,11H2,1-2H3. The molecule has 0 bridgehead atoms. The van der Waals surface area contributed by atoms with Gasteiger partial charge in [-0.15, -0.1) is 11.3 Å². The molecule has 0 radical (unpaired) electrons. The van der Waals surface area contributed by atoms with E-state index in [1.165, 1.54) is 11.3 Å². The predicted molar refractivity (Wildman–Crippen MR) is 67.0 cm³/mol. The summed E-state index contributed by atoms with van der Waals surface area (Å²) < 4.78 is 26.6. The number of hydrogen-bond donors (Lipinski definition) is 2. The Morgan fingerprint density at radius 2 is 2.19 bits per heavy atom. The van der Waals surface area contributed by atoms with E-state index in [4.69, 9.17) is 5.73 Å². The molecule has 4 nitrogen and oxygen atoms in total. The highest BCUT2D eigenvalue weighted by atomic mass is 32.2. The van der Waals surface area contributed by atoms with Crippen molar-refractivity contribution in [3.63, 3.8) is 0 Å². The molecule has 1 rings (SSSR count). The SMILES string of the molecule is CCCCNS(=O)(=O)c1c(C)csc1CN. The lowest BCUT2D eigenvalue weighted by atomic mass is 10.3. The first-order valence-corrected chi connectivity index (χ1v) is 7.66. The van der Waals surface area contributed by atoms with E-state index in [9.17, 15) is 8.42 Å². The molecule has 0 unspecified atom stereocenters. The van der Waals surface area contributed by atoms with Crippen molar-refractivity contribution >= 4 is 21.4 Å². The molecule has 0 aliphatic carbocycles. The van der Waals surface area contributed by atoms with E-state index in [1.807, 2.05) is 12.3 Å². The van der Waals surface area contributed by atoms with Gasteiger partial charge in [-0.3, -0.25) is 0 Å². The molecule has 0 aromatic carbocycles. The molecule has 0 aliphatic heterocycles. The van der Waals surface area contributed by atoms with Crippen LogP contribution in [0.25, 0.3) is 0 Å². The number of aryl methyl sites for hydroxylation is 1. The van der Waals surface area contributed by atoms with Crippen LogP contribution in [-0.2, 0) is 16.6 Å². The first-order chi connectivity index (χ1) is 7.53. The van der Waals surface area contributed by atoms with Gasteiger partial charge in [-0.25, -0.2) is 13.1 Å². The van der Waals surface area contributed by atoms with Crippen molar-refractivity contribution in [1.82, 2.24) is 4.72 Å². The van der Waals surface area contributed by atoms with Crippen LogP contribution in [0.5, 0.6) is 0 Å². The highest BCUT2D eigenvalue weighted by molar-refractivity contribution is 7.89. The van der Waals surface area contributed by atoms with E-state index in [-0.39, 0.29) is 6.54 Å². The maximum atomic E-state index is 12.0. The third-order valence-electron chi connectivity index (χ3n) is 2.27. The van der Waals surface area contributed by atoms with Gasteiger partial charge < -0.3 is 5.73 Å². The number of thiophene rings is 1. The molecule has 0 aliphatic rings. The molecule has 16 heavy (non-hydrogen) atoms. The molecule has 0 spiro atoms. The van der Waals surface area contributed by atoms with Crippen LogP contribution in [-0.4, -0.2) is 15.0 Å². The summed E-state index contributed by atoms with van der Waals surface area (Å²) in [5, 5.41) is 1.83.